The van der Waals surface area contributed by atoms with Crippen molar-refractivity contribution in [3.8, 4) is 5.75 Å². The third-order valence-electron chi connectivity index (χ3n) is 4.59. The van der Waals surface area contributed by atoms with Crippen LogP contribution >= 0.6 is 0 Å². The van der Waals surface area contributed by atoms with Gasteiger partial charge in [-0.25, -0.2) is 14.4 Å². The minimum atomic E-state index is -1.29. The summed E-state index contributed by atoms with van der Waals surface area (Å²) in [5.41, 5.74) is 0.902. The summed E-state index contributed by atoms with van der Waals surface area (Å²) < 4.78 is 0. The Labute approximate surface area is 142 Å². The molecular formula is C16H16N2O7. The van der Waals surface area contributed by atoms with Crippen molar-refractivity contribution in [3.05, 3.63) is 35.4 Å². The van der Waals surface area contributed by atoms with Crippen LogP contribution in [0.3, 0.4) is 0 Å². The zero-order valence-corrected chi connectivity index (χ0v) is 13.0. The van der Waals surface area contributed by atoms with E-state index in [-0.39, 0.29) is 30.8 Å². The Hall–Kier alpha value is -3.23. The maximum Gasteiger partial charge on any atom is 0.408 e. The molecule has 0 spiro atoms. The van der Waals surface area contributed by atoms with Crippen molar-refractivity contribution >= 4 is 23.7 Å². The SMILES string of the molecule is O=C(O)C1=C(c2ccc(O)cc2)C[C@@H]2CN(C(=O)O)C[C@H]1N2C(=O)O. The van der Waals surface area contributed by atoms with Crippen molar-refractivity contribution < 1.29 is 34.8 Å². The highest BCUT2D eigenvalue weighted by atomic mass is 16.4. The third kappa shape index (κ3) is 2.84. The van der Waals surface area contributed by atoms with Crippen LogP contribution in [0.25, 0.3) is 5.57 Å². The van der Waals surface area contributed by atoms with Crippen molar-refractivity contribution in [2.24, 2.45) is 0 Å². The van der Waals surface area contributed by atoms with Crippen LogP contribution in [0.15, 0.2) is 29.8 Å². The maximum atomic E-state index is 11.9. The summed E-state index contributed by atoms with van der Waals surface area (Å²) in [6, 6.07) is 4.22. The zero-order chi connectivity index (χ0) is 18.3. The lowest BCUT2D eigenvalue weighted by Crippen LogP contribution is -2.64. The molecule has 3 rings (SSSR count). The fourth-order valence-corrected chi connectivity index (χ4v) is 3.56. The van der Waals surface area contributed by atoms with E-state index in [1.165, 1.54) is 12.1 Å². The van der Waals surface area contributed by atoms with Gasteiger partial charge in [0.2, 0.25) is 0 Å². The molecule has 1 aromatic rings. The number of hydrogen-bond acceptors (Lipinski definition) is 4. The van der Waals surface area contributed by atoms with Crippen molar-refractivity contribution in [1.29, 1.82) is 0 Å². The van der Waals surface area contributed by atoms with Crippen molar-refractivity contribution in [2.45, 2.75) is 18.5 Å². The summed E-state index contributed by atoms with van der Waals surface area (Å²) in [7, 11) is 0. The van der Waals surface area contributed by atoms with Crippen LogP contribution in [0.2, 0.25) is 0 Å². The molecule has 2 bridgehead atoms. The first-order chi connectivity index (χ1) is 11.8. The van der Waals surface area contributed by atoms with Crippen LogP contribution in [-0.4, -0.2) is 73.6 Å². The van der Waals surface area contributed by atoms with Gasteiger partial charge in [0.25, 0.3) is 0 Å². The quantitative estimate of drug-likeness (QED) is 0.632. The maximum absolute atomic E-state index is 11.9. The number of hydrogen-bond donors (Lipinski definition) is 4. The van der Waals surface area contributed by atoms with E-state index in [4.69, 9.17) is 0 Å². The van der Waals surface area contributed by atoms with E-state index >= 15 is 0 Å². The van der Waals surface area contributed by atoms with Gasteiger partial charge in [-0.1, -0.05) is 12.1 Å². The zero-order valence-electron chi connectivity index (χ0n) is 13.0. The van der Waals surface area contributed by atoms with Gasteiger partial charge < -0.3 is 25.3 Å². The fourth-order valence-electron chi connectivity index (χ4n) is 3.56. The molecule has 2 amide bonds. The number of aromatic hydroxyl groups is 1. The lowest BCUT2D eigenvalue weighted by Gasteiger charge is -2.48. The van der Waals surface area contributed by atoms with E-state index in [2.05, 4.69) is 0 Å². The lowest BCUT2D eigenvalue weighted by atomic mass is 9.82. The molecule has 0 aliphatic carbocycles. The largest absolute Gasteiger partial charge is 0.508 e. The number of carboxylic acids is 1. The smallest absolute Gasteiger partial charge is 0.408 e. The number of rotatable bonds is 2. The second-order valence-corrected chi connectivity index (χ2v) is 6.00. The molecule has 1 fully saturated rings. The normalized spacial score (nSPS) is 22.7. The van der Waals surface area contributed by atoms with Gasteiger partial charge in [0.15, 0.2) is 0 Å². The molecule has 25 heavy (non-hydrogen) atoms. The molecule has 2 aliphatic heterocycles. The summed E-state index contributed by atoms with van der Waals surface area (Å²) in [6.45, 7) is -0.256. The van der Waals surface area contributed by atoms with E-state index in [9.17, 15) is 34.8 Å². The van der Waals surface area contributed by atoms with Gasteiger partial charge in [0.1, 0.15) is 5.75 Å². The molecule has 2 atom stereocenters. The van der Waals surface area contributed by atoms with Gasteiger partial charge in [-0.05, 0) is 29.7 Å². The topological polar surface area (TPSA) is 139 Å². The summed E-state index contributed by atoms with van der Waals surface area (Å²) in [5.74, 6) is -1.26. The average molecular weight is 348 g/mol. The predicted molar refractivity (Wildman–Crippen MR) is 84.3 cm³/mol. The minimum absolute atomic E-state index is 0.0212. The van der Waals surface area contributed by atoms with Crippen LogP contribution in [0.1, 0.15) is 12.0 Å². The van der Waals surface area contributed by atoms with Crippen LogP contribution in [0.5, 0.6) is 5.75 Å². The number of benzene rings is 1. The number of carboxylic acid groups (broad SMARTS) is 3. The highest BCUT2D eigenvalue weighted by Crippen LogP contribution is 2.38. The first kappa shape index (κ1) is 16.6. The Bertz CT molecular complexity index is 771. The van der Waals surface area contributed by atoms with Gasteiger partial charge in [0, 0.05) is 13.1 Å². The molecule has 0 radical (unpaired) electrons. The molecule has 0 saturated carbocycles. The van der Waals surface area contributed by atoms with Crippen molar-refractivity contribution in [1.82, 2.24) is 9.80 Å². The van der Waals surface area contributed by atoms with E-state index in [1.54, 1.807) is 12.1 Å². The number of nitrogens with zero attached hydrogens (tertiary/aromatic N) is 2. The monoisotopic (exact) mass is 348 g/mol. The van der Waals surface area contributed by atoms with E-state index in [0.29, 0.717) is 11.1 Å². The Morgan fingerprint density at radius 2 is 1.60 bits per heavy atom. The van der Waals surface area contributed by atoms with Gasteiger partial charge in [-0.2, -0.15) is 0 Å². The van der Waals surface area contributed by atoms with Crippen LogP contribution < -0.4 is 0 Å². The van der Waals surface area contributed by atoms with Gasteiger partial charge >= 0.3 is 18.2 Å². The van der Waals surface area contributed by atoms with E-state index in [0.717, 1.165) is 9.80 Å². The molecule has 1 aromatic carbocycles. The second kappa shape index (κ2) is 6.00. The average Bonchev–Trinajstić information content (AvgIpc) is 2.53. The Morgan fingerprint density at radius 1 is 0.960 bits per heavy atom. The van der Waals surface area contributed by atoms with E-state index < -0.39 is 30.2 Å². The second-order valence-electron chi connectivity index (χ2n) is 6.00. The van der Waals surface area contributed by atoms with Crippen molar-refractivity contribution in [3.63, 3.8) is 0 Å². The standard InChI is InChI=1S/C16H16N2O7/c19-10-3-1-8(2-4-10)11-5-9-6-17(15(22)23)7-12(13(11)14(20)21)18(9)16(24)25/h1-4,9,12,19H,5-7H2,(H,20,21)(H,22,23)(H,24,25)/t9-,12-/m1/s1. The summed E-state index contributed by atoms with van der Waals surface area (Å²) in [4.78, 5) is 36.8. The number of phenolic OH excluding ortho intramolecular Hbond substituents is 1. The first-order valence-corrected chi connectivity index (χ1v) is 7.54. The summed E-state index contributed by atoms with van der Waals surface area (Å²) in [6.07, 6.45) is -2.40. The van der Waals surface area contributed by atoms with Gasteiger partial charge in [-0.15, -0.1) is 0 Å². The predicted octanol–water partition coefficient (Wildman–Crippen LogP) is 1.34. The molecule has 0 unspecified atom stereocenters. The van der Waals surface area contributed by atoms with Crippen LogP contribution in [-0.2, 0) is 4.79 Å². The van der Waals surface area contributed by atoms with Crippen molar-refractivity contribution in [2.75, 3.05) is 13.1 Å². The number of aliphatic carboxylic acids is 1. The molecule has 0 aromatic heterocycles. The number of fused-ring (bicyclic) bond motifs is 2. The number of amides is 2. The Morgan fingerprint density at radius 3 is 2.12 bits per heavy atom. The molecule has 2 aliphatic rings. The fraction of sp³-hybridized carbons (Fsp3) is 0.312. The highest BCUT2D eigenvalue weighted by Gasteiger charge is 2.47. The Kier molecular flexibility index (Phi) is 3.99. The lowest BCUT2D eigenvalue weighted by molar-refractivity contribution is -0.133. The minimum Gasteiger partial charge on any atom is -0.508 e. The molecule has 9 heteroatoms. The summed E-state index contributed by atoms with van der Waals surface area (Å²) in [5, 5.41) is 37.8. The van der Waals surface area contributed by atoms with Crippen LogP contribution in [0, 0.1) is 0 Å². The molecule has 132 valence electrons. The first-order valence-electron chi connectivity index (χ1n) is 7.54. The molecule has 4 N–H and O–H groups in total. The number of piperazine rings is 1. The Balaban J connectivity index is 2.13. The van der Waals surface area contributed by atoms with Gasteiger partial charge in [0.05, 0.1) is 17.7 Å². The van der Waals surface area contributed by atoms with Gasteiger partial charge in [-0.3, -0.25) is 4.90 Å². The third-order valence-corrected chi connectivity index (χ3v) is 4.59. The van der Waals surface area contributed by atoms with E-state index in [1.807, 2.05) is 0 Å². The summed E-state index contributed by atoms with van der Waals surface area (Å²) >= 11 is 0. The highest BCUT2D eigenvalue weighted by molar-refractivity contribution is 5.99. The molecule has 1 saturated heterocycles. The molecule has 2 heterocycles. The number of phenols is 1. The molecule has 9 nitrogen and oxygen atoms in total. The molecular weight excluding hydrogens is 332 g/mol. The number of carbonyl (C=O) groups is 3. The van der Waals surface area contributed by atoms with Crippen LogP contribution in [0.4, 0.5) is 9.59 Å².